The molecule has 2 aromatic carbocycles. The van der Waals surface area contributed by atoms with Crippen LogP contribution in [0.25, 0.3) is 11.0 Å². The Kier molecular flexibility index (Phi) is 4.90. The van der Waals surface area contributed by atoms with E-state index in [-0.39, 0.29) is 6.61 Å². The average Bonchev–Trinajstić information content (AvgIpc) is 2.98. The van der Waals surface area contributed by atoms with Crippen LogP contribution in [-0.4, -0.2) is 34.5 Å². The minimum atomic E-state index is -0.595. The monoisotopic (exact) mass is 312 g/mol. The highest BCUT2D eigenvalue weighted by Crippen LogP contribution is 2.18. The van der Waals surface area contributed by atoms with Crippen LogP contribution in [0.3, 0.4) is 0 Å². The second-order valence-corrected chi connectivity index (χ2v) is 5.37. The van der Waals surface area contributed by atoms with E-state index in [0.717, 1.165) is 22.3 Å². The van der Waals surface area contributed by atoms with E-state index in [1.54, 1.807) is 13.4 Å². The van der Waals surface area contributed by atoms with Gasteiger partial charge >= 0.3 is 0 Å². The molecule has 3 aromatic rings. The third kappa shape index (κ3) is 3.70. The van der Waals surface area contributed by atoms with Crippen LogP contribution in [0.2, 0.25) is 0 Å². The molecule has 5 heteroatoms. The molecule has 120 valence electrons. The maximum absolute atomic E-state index is 10.2. The van der Waals surface area contributed by atoms with E-state index < -0.39 is 6.10 Å². The molecule has 0 amide bonds. The largest absolute Gasteiger partial charge is 0.496 e. The molecule has 0 radical (unpaired) electrons. The molecule has 0 aliphatic rings. The Balaban J connectivity index is 1.54. The average molecular weight is 312 g/mol. The van der Waals surface area contributed by atoms with Gasteiger partial charge in [0, 0.05) is 5.56 Å². The molecule has 0 bridgehead atoms. The second-order valence-electron chi connectivity index (χ2n) is 5.37. The van der Waals surface area contributed by atoms with Gasteiger partial charge < -0.3 is 19.1 Å². The molecule has 3 rings (SSSR count). The van der Waals surface area contributed by atoms with Gasteiger partial charge in [0.15, 0.2) is 0 Å². The molecule has 1 heterocycles. The van der Waals surface area contributed by atoms with Crippen molar-refractivity contribution >= 4 is 11.0 Å². The van der Waals surface area contributed by atoms with Gasteiger partial charge in [-0.1, -0.05) is 30.3 Å². The number of hydrogen-bond donors (Lipinski definition) is 1. The fourth-order valence-corrected chi connectivity index (χ4v) is 2.56. The first-order valence-corrected chi connectivity index (χ1v) is 7.55. The smallest absolute Gasteiger partial charge is 0.124 e. The molecule has 1 unspecified atom stereocenters. The van der Waals surface area contributed by atoms with Crippen molar-refractivity contribution in [3.63, 3.8) is 0 Å². The van der Waals surface area contributed by atoms with Crippen molar-refractivity contribution in [1.82, 2.24) is 9.55 Å². The summed E-state index contributed by atoms with van der Waals surface area (Å²) in [7, 11) is 1.64. The number of benzene rings is 2. The van der Waals surface area contributed by atoms with Crippen LogP contribution in [0.5, 0.6) is 5.75 Å². The number of hydrogen-bond acceptors (Lipinski definition) is 4. The van der Waals surface area contributed by atoms with Crippen LogP contribution < -0.4 is 4.74 Å². The number of aliphatic hydroxyl groups is 1. The predicted octanol–water partition coefficient (Wildman–Crippen LogP) is 2.62. The van der Waals surface area contributed by atoms with Gasteiger partial charge in [-0.3, -0.25) is 0 Å². The third-order valence-electron chi connectivity index (χ3n) is 3.70. The van der Waals surface area contributed by atoms with Crippen LogP contribution in [-0.2, 0) is 17.9 Å². The van der Waals surface area contributed by atoms with Crippen molar-refractivity contribution in [2.24, 2.45) is 0 Å². The molecule has 0 aliphatic carbocycles. The number of rotatable bonds is 7. The molecule has 1 N–H and O–H groups in total. The number of nitrogens with zero attached hydrogens (tertiary/aromatic N) is 2. The topological polar surface area (TPSA) is 56.5 Å². The maximum Gasteiger partial charge on any atom is 0.124 e. The summed E-state index contributed by atoms with van der Waals surface area (Å²) in [5, 5.41) is 10.2. The number of methoxy groups -OCH3 is 1. The minimum Gasteiger partial charge on any atom is -0.496 e. The zero-order chi connectivity index (χ0) is 16.1. The van der Waals surface area contributed by atoms with Crippen molar-refractivity contribution in [3.8, 4) is 5.75 Å². The van der Waals surface area contributed by atoms with E-state index in [1.807, 2.05) is 53.1 Å². The summed E-state index contributed by atoms with van der Waals surface area (Å²) in [5.74, 6) is 0.794. The molecule has 23 heavy (non-hydrogen) atoms. The van der Waals surface area contributed by atoms with Crippen LogP contribution in [0, 0.1) is 0 Å². The van der Waals surface area contributed by atoms with Gasteiger partial charge in [-0.25, -0.2) is 4.98 Å². The molecule has 0 saturated carbocycles. The minimum absolute atomic E-state index is 0.255. The lowest BCUT2D eigenvalue weighted by Gasteiger charge is -2.14. The molecule has 0 saturated heterocycles. The fraction of sp³-hybridized carbons (Fsp3) is 0.278. The number of para-hydroxylation sites is 3. The van der Waals surface area contributed by atoms with Crippen LogP contribution >= 0.6 is 0 Å². The van der Waals surface area contributed by atoms with Crippen molar-refractivity contribution < 1.29 is 14.6 Å². The Morgan fingerprint density at radius 1 is 1.13 bits per heavy atom. The van der Waals surface area contributed by atoms with Crippen LogP contribution in [0.15, 0.2) is 54.9 Å². The third-order valence-corrected chi connectivity index (χ3v) is 3.70. The van der Waals surface area contributed by atoms with E-state index in [0.29, 0.717) is 13.2 Å². The zero-order valence-electron chi connectivity index (χ0n) is 13.1. The van der Waals surface area contributed by atoms with E-state index in [2.05, 4.69) is 4.98 Å². The summed E-state index contributed by atoms with van der Waals surface area (Å²) < 4.78 is 12.8. The van der Waals surface area contributed by atoms with Gasteiger partial charge in [-0.05, 0) is 18.2 Å². The normalized spacial score (nSPS) is 12.4. The summed E-state index contributed by atoms with van der Waals surface area (Å²) in [4.78, 5) is 4.32. The summed E-state index contributed by atoms with van der Waals surface area (Å²) >= 11 is 0. The molecule has 0 spiro atoms. The van der Waals surface area contributed by atoms with Gasteiger partial charge in [-0.2, -0.15) is 0 Å². The number of aliphatic hydroxyl groups excluding tert-OH is 1. The van der Waals surface area contributed by atoms with Crippen molar-refractivity contribution in [3.05, 3.63) is 60.4 Å². The molecule has 0 fully saturated rings. The van der Waals surface area contributed by atoms with E-state index in [4.69, 9.17) is 9.47 Å². The molecule has 0 aliphatic heterocycles. The van der Waals surface area contributed by atoms with Crippen LogP contribution in [0.4, 0.5) is 0 Å². The van der Waals surface area contributed by atoms with Gasteiger partial charge in [-0.15, -0.1) is 0 Å². The number of imidazole rings is 1. The Morgan fingerprint density at radius 2 is 1.91 bits per heavy atom. The zero-order valence-corrected chi connectivity index (χ0v) is 13.1. The Morgan fingerprint density at radius 3 is 2.78 bits per heavy atom. The Hall–Kier alpha value is -2.37. The molecule has 1 aromatic heterocycles. The lowest BCUT2D eigenvalue weighted by Crippen LogP contribution is -2.21. The van der Waals surface area contributed by atoms with Crippen molar-refractivity contribution in [1.29, 1.82) is 0 Å². The number of aromatic nitrogens is 2. The fourth-order valence-electron chi connectivity index (χ4n) is 2.56. The Bertz CT molecular complexity index is 770. The number of fused-ring (bicyclic) bond motifs is 1. The quantitative estimate of drug-likeness (QED) is 0.728. The highest BCUT2D eigenvalue weighted by Gasteiger charge is 2.09. The highest BCUT2D eigenvalue weighted by atomic mass is 16.5. The highest BCUT2D eigenvalue weighted by molar-refractivity contribution is 5.74. The first-order valence-electron chi connectivity index (χ1n) is 7.55. The summed E-state index contributed by atoms with van der Waals surface area (Å²) in [6.45, 7) is 1.11. The summed E-state index contributed by atoms with van der Waals surface area (Å²) in [5.41, 5.74) is 2.90. The SMILES string of the molecule is COc1ccccc1COCC(O)Cn1cnc2ccccc21. The first kappa shape index (κ1) is 15.5. The first-order chi connectivity index (χ1) is 11.3. The summed E-state index contributed by atoms with van der Waals surface area (Å²) in [6, 6.07) is 15.6. The van der Waals surface area contributed by atoms with Gasteiger partial charge in [0.1, 0.15) is 5.75 Å². The molecule has 1 atom stereocenters. The molecular weight excluding hydrogens is 292 g/mol. The predicted molar refractivity (Wildman–Crippen MR) is 88.4 cm³/mol. The molecule has 5 nitrogen and oxygen atoms in total. The van der Waals surface area contributed by atoms with E-state index in [1.165, 1.54) is 0 Å². The van der Waals surface area contributed by atoms with Crippen LogP contribution in [0.1, 0.15) is 5.56 Å². The Labute approximate surface area is 135 Å². The van der Waals surface area contributed by atoms with Crippen molar-refractivity contribution in [2.45, 2.75) is 19.3 Å². The van der Waals surface area contributed by atoms with Crippen molar-refractivity contribution in [2.75, 3.05) is 13.7 Å². The van der Waals surface area contributed by atoms with Gasteiger partial charge in [0.25, 0.3) is 0 Å². The summed E-state index contributed by atoms with van der Waals surface area (Å²) in [6.07, 6.45) is 1.15. The molecular formula is C18H20N2O3. The maximum atomic E-state index is 10.2. The lowest BCUT2D eigenvalue weighted by molar-refractivity contribution is 0.0203. The second kappa shape index (κ2) is 7.26. The van der Waals surface area contributed by atoms with Gasteiger partial charge in [0.05, 0.1) is 50.3 Å². The van der Waals surface area contributed by atoms with E-state index >= 15 is 0 Å². The lowest BCUT2D eigenvalue weighted by atomic mass is 10.2. The number of ether oxygens (including phenoxy) is 2. The van der Waals surface area contributed by atoms with Gasteiger partial charge in [0.2, 0.25) is 0 Å². The standard InChI is InChI=1S/C18H20N2O3/c1-22-18-9-5-2-6-14(18)11-23-12-15(21)10-20-13-19-16-7-3-4-8-17(16)20/h2-9,13,15,21H,10-12H2,1H3. The van der Waals surface area contributed by atoms with E-state index in [9.17, 15) is 5.11 Å².